The molecule has 1 N–H and O–H groups in total. The molecule has 0 saturated heterocycles. The molecule has 0 aliphatic carbocycles. The van der Waals surface area contributed by atoms with Gasteiger partial charge in [-0.1, -0.05) is 39.2 Å². The maximum Gasteiger partial charge on any atom is 0.309 e. The van der Waals surface area contributed by atoms with Crippen LogP contribution in [0.25, 0.3) is 0 Å². The summed E-state index contributed by atoms with van der Waals surface area (Å²) in [5, 5.41) is 23.4. The van der Waals surface area contributed by atoms with E-state index in [-0.39, 0.29) is 17.3 Å². The van der Waals surface area contributed by atoms with Crippen molar-refractivity contribution in [3.8, 4) is 6.07 Å². The summed E-state index contributed by atoms with van der Waals surface area (Å²) >= 11 is 0. The second kappa shape index (κ2) is 8.16. The lowest BCUT2D eigenvalue weighted by atomic mass is 10.0. The van der Waals surface area contributed by atoms with Crippen LogP contribution in [0.15, 0.2) is 18.2 Å². The third kappa shape index (κ3) is 4.23. The number of nitrogens with one attached hydrogen (secondary N) is 1. The van der Waals surface area contributed by atoms with E-state index in [9.17, 15) is 10.1 Å². The van der Waals surface area contributed by atoms with Crippen LogP contribution in [0.4, 0.5) is 11.4 Å². The Morgan fingerprint density at radius 2 is 2.10 bits per heavy atom. The highest BCUT2D eigenvalue weighted by molar-refractivity contribution is 5.68. The number of nitriles is 1. The van der Waals surface area contributed by atoms with Crippen LogP contribution in [-0.2, 0) is 0 Å². The van der Waals surface area contributed by atoms with Crippen LogP contribution in [-0.4, -0.2) is 11.0 Å². The van der Waals surface area contributed by atoms with Gasteiger partial charge in [0.1, 0.15) is 17.3 Å². The third-order valence-electron chi connectivity index (χ3n) is 3.24. The summed E-state index contributed by atoms with van der Waals surface area (Å²) in [5.74, 6) is 0. The fourth-order valence-electron chi connectivity index (χ4n) is 2.25. The number of nitro groups is 1. The first-order valence-electron chi connectivity index (χ1n) is 7.08. The molecule has 0 heterocycles. The molecule has 0 aliphatic rings. The minimum atomic E-state index is -0.482. The number of para-hydroxylation sites is 1. The van der Waals surface area contributed by atoms with Crippen molar-refractivity contribution in [3.05, 3.63) is 33.9 Å². The Morgan fingerprint density at radius 3 is 2.65 bits per heavy atom. The Kier molecular flexibility index (Phi) is 6.51. The average Bonchev–Trinajstić information content (AvgIpc) is 2.44. The number of benzene rings is 1. The molecule has 108 valence electrons. The van der Waals surface area contributed by atoms with Gasteiger partial charge in [-0.25, -0.2) is 0 Å². The number of hydrogen-bond acceptors (Lipinski definition) is 4. The van der Waals surface area contributed by atoms with E-state index in [0.29, 0.717) is 5.69 Å². The van der Waals surface area contributed by atoms with Gasteiger partial charge in [0.15, 0.2) is 0 Å². The molecule has 20 heavy (non-hydrogen) atoms. The summed E-state index contributed by atoms with van der Waals surface area (Å²) in [5.41, 5.74) is 0.432. The molecule has 1 atom stereocenters. The molecule has 1 rings (SSSR count). The molecule has 0 bridgehead atoms. The fourth-order valence-corrected chi connectivity index (χ4v) is 2.25. The van der Waals surface area contributed by atoms with E-state index in [4.69, 9.17) is 5.26 Å². The predicted octanol–water partition coefficient (Wildman–Crippen LogP) is 4.24. The summed E-state index contributed by atoms with van der Waals surface area (Å²) in [4.78, 5) is 10.7. The molecule has 0 aliphatic heterocycles. The number of nitro benzene ring substituents is 1. The Morgan fingerprint density at radius 1 is 1.35 bits per heavy atom. The minimum Gasteiger partial charge on any atom is -0.377 e. The van der Waals surface area contributed by atoms with Crippen LogP contribution in [0.5, 0.6) is 0 Å². The number of anilines is 1. The van der Waals surface area contributed by atoms with E-state index in [1.54, 1.807) is 12.1 Å². The predicted molar refractivity (Wildman–Crippen MR) is 79.7 cm³/mol. The van der Waals surface area contributed by atoms with Crippen molar-refractivity contribution in [1.82, 2.24) is 0 Å². The van der Waals surface area contributed by atoms with Crippen molar-refractivity contribution in [2.24, 2.45) is 0 Å². The van der Waals surface area contributed by atoms with Gasteiger partial charge in [0.25, 0.3) is 0 Å². The summed E-state index contributed by atoms with van der Waals surface area (Å²) in [6.07, 6.45) is 5.16. The topological polar surface area (TPSA) is 79.0 Å². The highest BCUT2D eigenvalue weighted by Crippen LogP contribution is 2.29. The Balaban J connectivity index is 3.00. The normalized spacial score (nSPS) is 11.7. The summed E-state index contributed by atoms with van der Waals surface area (Å²) in [7, 11) is 0. The first-order chi connectivity index (χ1) is 9.63. The van der Waals surface area contributed by atoms with E-state index in [2.05, 4.69) is 19.2 Å². The molecule has 0 aromatic heterocycles. The molecule has 5 heteroatoms. The van der Waals surface area contributed by atoms with Gasteiger partial charge >= 0.3 is 5.69 Å². The summed E-state index contributed by atoms with van der Waals surface area (Å²) < 4.78 is 0. The van der Waals surface area contributed by atoms with Gasteiger partial charge in [0.05, 0.1) is 4.92 Å². The Bertz CT molecular complexity index is 494. The van der Waals surface area contributed by atoms with E-state index in [1.165, 1.54) is 6.07 Å². The monoisotopic (exact) mass is 275 g/mol. The lowest BCUT2D eigenvalue weighted by Crippen LogP contribution is -2.20. The highest BCUT2D eigenvalue weighted by Gasteiger charge is 2.21. The minimum absolute atomic E-state index is 0.103. The van der Waals surface area contributed by atoms with Gasteiger partial charge < -0.3 is 5.32 Å². The zero-order valence-electron chi connectivity index (χ0n) is 12.1. The first-order valence-corrected chi connectivity index (χ1v) is 7.08. The molecule has 5 nitrogen and oxygen atoms in total. The average molecular weight is 275 g/mol. The second-order valence-electron chi connectivity index (χ2n) is 4.84. The lowest BCUT2D eigenvalue weighted by Gasteiger charge is -2.19. The largest absolute Gasteiger partial charge is 0.377 e. The van der Waals surface area contributed by atoms with Gasteiger partial charge in [0, 0.05) is 6.04 Å². The van der Waals surface area contributed by atoms with Gasteiger partial charge in [-0.2, -0.15) is 5.26 Å². The molecule has 1 aromatic rings. The Hall–Kier alpha value is -2.09. The standard InChI is InChI=1S/C15H21N3O2/c1-3-5-9-13(7-4-2)17-14-10-6-8-12(11-16)15(14)18(19)20/h6,8,10,13,17H,3-5,7,9H2,1-2H3. The van der Waals surface area contributed by atoms with Crippen LogP contribution in [0.1, 0.15) is 51.5 Å². The van der Waals surface area contributed by atoms with Crippen molar-refractivity contribution < 1.29 is 4.92 Å². The van der Waals surface area contributed by atoms with Crippen molar-refractivity contribution in [2.75, 3.05) is 5.32 Å². The Labute approximate surface area is 119 Å². The van der Waals surface area contributed by atoms with Crippen LogP contribution in [0.3, 0.4) is 0 Å². The molecule has 0 spiro atoms. The first kappa shape index (κ1) is 16.0. The molecule has 0 saturated carbocycles. The van der Waals surface area contributed by atoms with Crippen LogP contribution in [0, 0.1) is 21.4 Å². The number of hydrogen-bond donors (Lipinski definition) is 1. The molecular weight excluding hydrogens is 254 g/mol. The molecular formula is C15H21N3O2. The molecule has 1 aromatic carbocycles. The van der Waals surface area contributed by atoms with Crippen molar-refractivity contribution in [2.45, 2.75) is 52.0 Å². The lowest BCUT2D eigenvalue weighted by molar-refractivity contribution is -0.384. The van der Waals surface area contributed by atoms with Crippen molar-refractivity contribution in [1.29, 1.82) is 5.26 Å². The van der Waals surface area contributed by atoms with Crippen LogP contribution in [0.2, 0.25) is 0 Å². The van der Waals surface area contributed by atoms with E-state index < -0.39 is 4.92 Å². The van der Waals surface area contributed by atoms with E-state index >= 15 is 0 Å². The highest BCUT2D eigenvalue weighted by atomic mass is 16.6. The molecule has 0 fully saturated rings. The van der Waals surface area contributed by atoms with Gasteiger partial charge in [-0.15, -0.1) is 0 Å². The quantitative estimate of drug-likeness (QED) is 0.568. The maximum atomic E-state index is 11.2. The van der Waals surface area contributed by atoms with Gasteiger partial charge in [0.2, 0.25) is 0 Å². The molecule has 0 radical (unpaired) electrons. The number of rotatable bonds is 8. The van der Waals surface area contributed by atoms with Gasteiger partial charge in [-0.05, 0) is 25.0 Å². The second-order valence-corrected chi connectivity index (χ2v) is 4.84. The number of nitrogens with zero attached hydrogens (tertiary/aromatic N) is 2. The smallest absolute Gasteiger partial charge is 0.309 e. The summed E-state index contributed by atoms with van der Waals surface area (Å²) in [6, 6.07) is 6.93. The molecule has 1 unspecified atom stereocenters. The number of unbranched alkanes of at least 4 members (excludes halogenated alkanes) is 1. The third-order valence-corrected chi connectivity index (χ3v) is 3.24. The zero-order chi connectivity index (χ0) is 15.0. The SMILES string of the molecule is CCCCC(CCC)Nc1cccc(C#N)c1[N+](=O)[O-]. The van der Waals surface area contributed by atoms with Crippen molar-refractivity contribution in [3.63, 3.8) is 0 Å². The van der Waals surface area contributed by atoms with Crippen LogP contribution < -0.4 is 5.32 Å². The maximum absolute atomic E-state index is 11.2. The summed E-state index contributed by atoms with van der Waals surface area (Å²) in [6.45, 7) is 4.22. The zero-order valence-corrected chi connectivity index (χ0v) is 12.1. The van der Waals surface area contributed by atoms with Crippen molar-refractivity contribution >= 4 is 11.4 Å². The van der Waals surface area contributed by atoms with Gasteiger partial charge in [-0.3, -0.25) is 10.1 Å². The molecule has 0 amide bonds. The van der Waals surface area contributed by atoms with Crippen LogP contribution >= 0.6 is 0 Å². The fraction of sp³-hybridized carbons (Fsp3) is 0.533. The van der Waals surface area contributed by atoms with E-state index in [1.807, 2.05) is 6.07 Å². The van der Waals surface area contributed by atoms with E-state index in [0.717, 1.165) is 32.1 Å².